The standard InChI is InChI=1S/C17H21N3OS/c1-10-8-22-16-14(10)15(18-9-19-16)20-13-3-2-5-17-11(4-6-21-17)7-12(13)17/h8-9,11-13H,2-7H2,1H3,(H,18,19,20). The molecule has 116 valence electrons. The predicted octanol–water partition coefficient (Wildman–Crippen LogP) is 3.76. The van der Waals surface area contributed by atoms with Crippen LogP contribution in [-0.2, 0) is 4.74 Å². The molecule has 1 saturated heterocycles. The van der Waals surface area contributed by atoms with Gasteiger partial charge in [-0.3, -0.25) is 0 Å². The van der Waals surface area contributed by atoms with Crippen molar-refractivity contribution in [2.75, 3.05) is 11.9 Å². The summed E-state index contributed by atoms with van der Waals surface area (Å²) in [5.41, 5.74) is 1.48. The fourth-order valence-corrected chi connectivity index (χ4v) is 5.96. The molecule has 0 bridgehead atoms. The second-order valence-corrected chi connectivity index (χ2v) is 7.95. The summed E-state index contributed by atoms with van der Waals surface area (Å²) in [4.78, 5) is 10.0. The third kappa shape index (κ3) is 1.67. The second kappa shape index (κ2) is 4.65. The molecule has 2 aliphatic carbocycles. The van der Waals surface area contributed by atoms with Gasteiger partial charge in [-0.25, -0.2) is 9.97 Å². The first-order valence-corrected chi connectivity index (χ1v) is 9.25. The molecule has 3 heterocycles. The van der Waals surface area contributed by atoms with Gasteiger partial charge in [0.25, 0.3) is 0 Å². The molecule has 2 aromatic rings. The molecule has 1 spiro atoms. The second-order valence-electron chi connectivity index (χ2n) is 7.10. The van der Waals surface area contributed by atoms with E-state index in [1.807, 2.05) is 0 Å². The molecule has 0 aromatic carbocycles. The molecule has 5 heteroatoms. The summed E-state index contributed by atoms with van der Waals surface area (Å²) in [6.07, 6.45) is 8.05. The van der Waals surface area contributed by atoms with Crippen LogP contribution in [0.15, 0.2) is 11.7 Å². The molecule has 1 N–H and O–H groups in total. The first-order chi connectivity index (χ1) is 10.8. The van der Waals surface area contributed by atoms with Gasteiger partial charge in [0.1, 0.15) is 17.0 Å². The number of hydrogen-bond donors (Lipinski definition) is 1. The Morgan fingerprint density at radius 1 is 1.36 bits per heavy atom. The Morgan fingerprint density at radius 2 is 2.32 bits per heavy atom. The zero-order valence-corrected chi connectivity index (χ0v) is 13.7. The number of hydrogen-bond acceptors (Lipinski definition) is 5. The van der Waals surface area contributed by atoms with Crippen molar-refractivity contribution in [3.63, 3.8) is 0 Å². The minimum atomic E-state index is 0.200. The SMILES string of the molecule is Cc1csc2ncnc(NC3CCCC45OCCC4CC35)c12. The van der Waals surface area contributed by atoms with Crippen LogP contribution in [0.4, 0.5) is 5.82 Å². The number of aromatic nitrogens is 2. The van der Waals surface area contributed by atoms with Gasteiger partial charge in [-0.05, 0) is 55.9 Å². The number of thiophene rings is 1. The highest BCUT2D eigenvalue weighted by Gasteiger charge is 2.62. The highest BCUT2D eigenvalue weighted by molar-refractivity contribution is 7.17. The van der Waals surface area contributed by atoms with Crippen LogP contribution >= 0.6 is 11.3 Å². The van der Waals surface area contributed by atoms with E-state index in [1.165, 1.54) is 43.1 Å². The Kier molecular flexibility index (Phi) is 2.80. The van der Waals surface area contributed by atoms with E-state index in [9.17, 15) is 0 Å². The van der Waals surface area contributed by atoms with Crippen molar-refractivity contribution in [3.8, 4) is 0 Å². The quantitative estimate of drug-likeness (QED) is 0.916. The summed E-state index contributed by atoms with van der Waals surface area (Å²) in [5, 5.41) is 7.14. The van der Waals surface area contributed by atoms with Crippen LogP contribution in [0.3, 0.4) is 0 Å². The molecular formula is C17H21N3OS. The van der Waals surface area contributed by atoms with Crippen molar-refractivity contribution >= 4 is 27.4 Å². The molecule has 5 rings (SSSR count). The van der Waals surface area contributed by atoms with E-state index in [1.54, 1.807) is 17.7 Å². The van der Waals surface area contributed by atoms with Gasteiger partial charge in [0.15, 0.2) is 0 Å². The van der Waals surface area contributed by atoms with Crippen molar-refractivity contribution in [2.24, 2.45) is 11.8 Å². The highest BCUT2D eigenvalue weighted by Crippen LogP contribution is 2.59. The van der Waals surface area contributed by atoms with Crippen LogP contribution in [0.25, 0.3) is 10.2 Å². The number of ether oxygens (including phenoxy) is 1. The van der Waals surface area contributed by atoms with Gasteiger partial charge >= 0.3 is 0 Å². The Bertz CT molecular complexity index is 730. The van der Waals surface area contributed by atoms with Gasteiger partial charge in [0.2, 0.25) is 0 Å². The van der Waals surface area contributed by atoms with Gasteiger partial charge in [-0.1, -0.05) is 0 Å². The Labute approximate surface area is 134 Å². The Morgan fingerprint density at radius 3 is 3.23 bits per heavy atom. The molecule has 4 unspecified atom stereocenters. The van der Waals surface area contributed by atoms with E-state index in [-0.39, 0.29) is 5.60 Å². The summed E-state index contributed by atoms with van der Waals surface area (Å²) >= 11 is 1.70. The van der Waals surface area contributed by atoms with Gasteiger partial charge in [-0.15, -0.1) is 11.3 Å². The largest absolute Gasteiger partial charge is 0.374 e. The maximum Gasteiger partial charge on any atom is 0.138 e. The molecule has 22 heavy (non-hydrogen) atoms. The van der Waals surface area contributed by atoms with Gasteiger partial charge in [0.05, 0.1) is 11.0 Å². The Balaban J connectivity index is 1.47. The fraction of sp³-hybridized carbons (Fsp3) is 0.647. The first-order valence-electron chi connectivity index (χ1n) is 8.37. The molecule has 3 aliphatic rings. The van der Waals surface area contributed by atoms with Gasteiger partial charge in [-0.2, -0.15) is 0 Å². The lowest BCUT2D eigenvalue weighted by molar-refractivity contribution is -0.160. The minimum Gasteiger partial charge on any atom is -0.374 e. The maximum atomic E-state index is 6.24. The highest BCUT2D eigenvalue weighted by atomic mass is 32.1. The van der Waals surface area contributed by atoms with Gasteiger partial charge < -0.3 is 10.1 Å². The topological polar surface area (TPSA) is 47.0 Å². The van der Waals surface area contributed by atoms with E-state index in [0.717, 1.165) is 23.2 Å². The first kappa shape index (κ1) is 13.3. The summed E-state index contributed by atoms with van der Waals surface area (Å²) in [5.74, 6) is 2.50. The zero-order chi connectivity index (χ0) is 14.7. The number of anilines is 1. The monoisotopic (exact) mass is 315 g/mol. The van der Waals surface area contributed by atoms with Crippen LogP contribution in [-0.4, -0.2) is 28.2 Å². The summed E-state index contributed by atoms with van der Waals surface area (Å²) in [6, 6.07) is 0.500. The summed E-state index contributed by atoms with van der Waals surface area (Å²) in [7, 11) is 0. The van der Waals surface area contributed by atoms with E-state index in [0.29, 0.717) is 12.0 Å². The van der Waals surface area contributed by atoms with E-state index < -0.39 is 0 Å². The van der Waals surface area contributed by atoms with Crippen LogP contribution in [0.1, 0.15) is 37.7 Å². The van der Waals surface area contributed by atoms with Crippen molar-refractivity contribution in [2.45, 2.75) is 50.7 Å². The average Bonchev–Trinajstić information content (AvgIpc) is 3.01. The Hall–Kier alpha value is -1.20. The zero-order valence-electron chi connectivity index (χ0n) is 12.8. The fourth-order valence-electron chi connectivity index (χ4n) is 5.07. The van der Waals surface area contributed by atoms with Crippen molar-refractivity contribution < 1.29 is 4.74 Å². The predicted molar refractivity (Wildman–Crippen MR) is 88.3 cm³/mol. The normalized spacial score (nSPS) is 36.7. The molecule has 1 aliphatic heterocycles. The van der Waals surface area contributed by atoms with Crippen molar-refractivity contribution in [1.29, 1.82) is 0 Å². The lowest BCUT2D eigenvalue weighted by atomic mass is 9.53. The summed E-state index contributed by atoms with van der Waals surface area (Å²) in [6.45, 7) is 3.12. The van der Waals surface area contributed by atoms with Crippen LogP contribution in [0, 0.1) is 18.8 Å². The molecule has 2 aromatic heterocycles. The van der Waals surface area contributed by atoms with Crippen molar-refractivity contribution in [1.82, 2.24) is 9.97 Å². The molecule has 2 saturated carbocycles. The van der Waals surface area contributed by atoms with Gasteiger partial charge in [0, 0.05) is 18.6 Å². The molecule has 4 atom stereocenters. The average molecular weight is 315 g/mol. The van der Waals surface area contributed by atoms with Crippen LogP contribution in [0.2, 0.25) is 0 Å². The number of nitrogens with zero attached hydrogens (tertiary/aromatic N) is 2. The maximum absolute atomic E-state index is 6.24. The van der Waals surface area contributed by atoms with Crippen LogP contribution < -0.4 is 5.32 Å². The number of rotatable bonds is 2. The lowest BCUT2D eigenvalue weighted by Gasteiger charge is -2.57. The third-order valence-electron chi connectivity index (χ3n) is 6.14. The number of fused-ring (bicyclic) bond motifs is 1. The molecule has 3 fully saturated rings. The van der Waals surface area contributed by atoms with E-state index >= 15 is 0 Å². The smallest absolute Gasteiger partial charge is 0.138 e. The lowest BCUT2D eigenvalue weighted by Crippen LogP contribution is -2.61. The minimum absolute atomic E-state index is 0.200. The molecule has 4 nitrogen and oxygen atoms in total. The number of aryl methyl sites for hydroxylation is 1. The molecule has 0 radical (unpaired) electrons. The van der Waals surface area contributed by atoms with Crippen molar-refractivity contribution in [3.05, 3.63) is 17.3 Å². The molecule has 0 amide bonds. The molecular weight excluding hydrogens is 294 g/mol. The van der Waals surface area contributed by atoms with E-state index in [2.05, 4.69) is 27.6 Å². The number of nitrogens with one attached hydrogen (secondary N) is 1. The van der Waals surface area contributed by atoms with Crippen LogP contribution in [0.5, 0.6) is 0 Å². The third-order valence-corrected chi connectivity index (χ3v) is 7.14. The summed E-state index contributed by atoms with van der Waals surface area (Å²) < 4.78 is 6.24. The van der Waals surface area contributed by atoms with E-state index in [4.69, 9.17) is 4.74 Å².